The first-order chi connectivity index (χ1) is 18.9. The fourth-order valence-electron chi connectivity index (χ4n) is 4.02. The summed E-state index contributed by atoms with van der Waals surface area (Å²) < 4.78 is 15.7. The minimum Gasteiger partial charge on any atom is -0.465 e. The van der Waals surface area contributed by atoms with E-state index in [1.54, 1.807) is 20.2 Å². The van der Waals surface area contributed by atoms with Crippen LogP contribution in [0.1, 0.15) is 38.1 Å². The van der Waals surface area contributed by atoms with Gasteiger partial charge in [0.25, 0.3) is 5.56 Å². The molecule has 0 radical (unpaired) electrons. The molecule has 1 atom stereocenters. The number of H-pyrrole nitrogens is 1. The van der Waals surface area contributed by atoms with Crippen molar-refractivity contribution in [3.63, 3.8) is 0 Å². The zero-order chi connectivity index (χ0) is 29.6. The molecule has 3 amide bonds. The van der Waals surface area contributed by atoms with E-state index < -0.39 is 29.4 Å². The Balaban J connectivity index is 1.82. The topological polar surface area (TPSA) is 149 Å². The van der Waals surface area contributed by atoms with Gasteiger partial charge in [0.05, 0.1) is 24.0 Å². The zero-order valence-corrected chi connectivity index (χ0v) is 23.4. The molecule has 0 aliphatic carbocycles. The van der Waals surface area contributed by atoms with Crippen LogP contribution >= 0.6 is 11.6 Å². The number of amides is 3. The number of nitrogens with one attached hydrogen (secondary N) is 3. The number of carbonyl (C=O) groups is 3. The second kappa shape index (κ2) is 13.2. The number of carboxylic acid groups (broad SMARTS) is 1. The lowest BCUT2D eigenvalue weighted by atomic mass is 10.1. The number of hydrogen-bond donors (Lipinski definition) is 4. The van der Waals surface area contributed by atoms with Crippen molar-refractivity contribution in [2.75, 3.05) is 19.4 Å². The largest absolute Gasteiger partial charge is 0.465 e. The number of allylic oxidation sites excluding steroid dienone is 1. The molecule has 3 aromatic heterocycles. The molecule has 214 valence electrons. The van der Waals surface area contributed by atoms with Crippen LogP contribution in [-0.4, -0.2) is 62.6 Å². The molecule has 0 aromatic carbocycles. The SMILES string of the molecule is CC(C)Cc1ncc(F)c2cc(Cn3c(Cl)ccc(NC(=O)[C@H](CC/C=C/C(=O)N(C)C)NC(=O)O)c3=O)[nH]c12. The van der Waals surface area contributed by atoms with Gasteiger partial charge in [0, 0.05) is 25.2 Å². The number of hydrogen-bond acceptors (Lipinski definition) is 5. The Hall–Kier alpha value is -4.19. The summed E-state index contributed by atoms with van der Waals surface area (Å²) in [6.07, 6.45) is 3.52. The number of likely N-dealkylation sites (N-methyl/N-ethyl adjacent to an activating group) is 1. The summed E-state index contributed by atoms with van der Waals surface area (Å²) in [5.41, 5.74) is 1.00. The summed E-state index contributed by atoms with van der Waals surface area (Å²) in [6.45, 7) is 4.01. The molecule has 11 nitrogen and oxygen atoms in total. The van der Waals surface area contributed by atoms with E-state index in [4.69, 9.17) is 11.6 Å². The molecule has 0 aliphatic rings. The average molecular weight is 575 g/mol. The number of fused-ring (bicyclic) bond motifs is 1. The van der Waals surface area contributed by atoms with E-state index in [-0.39, 0.29) is 36.1 Å². The van der Waals surface area contributed by atoms with Crippen molar-refractivity contribution in [1.82, 2.24) is 24.8 Å². The molecule has 0 aliphatic heterocycles. The third kappa shape index (κ3) is 7.69. The van der Waals surface area contributed by atoms with E-state index in [0.29, 0.717) is 34.6 Å². The molecule has 3 rings (SSSR count). The molecule has 0 spiro atoms. The first-order valence-corrected chi connectivity index (χ1v) is 13.0. The van der Waals surface area contributed by atoms with E-state index >= 15 is 0 Å². The summed E-state index contributed by atoms with van der Waals surface area (Å²) in [5.74, 6) is -1.21. The number of aromatic amines is 1. The third-order valence-corrected chi connectivity index (χ3v) is 6.33. The Bertz CT molecular complexity index is 1500. The Morgan fingerprint density at radius 1 is 1.27 bits per heavy atom. The fourth-order valence-corrected chi connectivity index (χ4v) is 4.22. The van der Waals surface area contributed by atoms with Crippen molar-refractivity contribution in [3.05, 3.63) is 69.3 Å². The van der Waals surface area contributed by atoms with Crippen LogP contribution < -0.4 is 16.2 Å². The number of carbonyl (C=O) groups excluding carboxylic acids is 2. The van der Waals surface area contributed by atoms with Gasteiger partial charge in [0.1, 0.15) is 16.9 Å². The Kier molecular flexibility index (Phi) is 10.1. The number of pyridine rings is 2. The van der Waals surface area contributed by atoms with Crippen LogP contribution in [0.5, 0.6) is 0 Å². The van der Waals surface area contributed by atoms with Crippen LogP contribution in [-0.2, 0) is 22.6 Å². The maximum atomic E-state index is 14.5. The van der Waals surface area contributed by atoms with Crippen molar-refractivity contribution >= 4 is 46.1 Å². The van der Waals surface area contributed by atoms with Gasteiger partial charge in [-0.25, -0.2) is 9.18 Å². The van der Waals surface area contributed by atoms with E-state index in [0.717, 1.165) is 0 Å². The first-order valence-electron chi connectivity index (χ1n) is 12.6. The van der Waals surface area contributed by atoms with Gasteiger partial charge >= 0.3 is 6.09 Å². The number of rotatable bonds is 11. The number of aromatic nitrogens is 3. The average Bonchev–Trinajstić information content (AvgIpc) is 3.31. The lowest BCUT2D eigenvalue weighted by Crippen LogP contribution is -2.44. The number of anilines is 1. The van der Waals surface area contributed by atoms with Gasteiger partial charge < -0.3 is 25.6 Å². The second-order valence-corrected chi connectivity index (χ2v) is 10.3. The Labute approximate surface area is 235 Å². The van der Waals surface area contributed by atoms with Crippen molar-refractivity contribution in [1.29, 1.82) is 0 Å². The molecule has 0 fully saturated rings. The first kappa shape index (κ1) is 30.4. The van der Waals surface area contributed by atoms with Gasteiger partial charge in [-0.1, -0.05) is 31.5 Å². The molecule has 13 heteroatoms. The highest BCUT2D eigenvalue weighted by Gasteiger charge is 2.22. The highest BCUT2D eigenvalue weighted by molar-refractivity contribution is 6.29. The molecule has 0 saturated carbocycles. The summed E-state index contributed by atoms with van der Waals surface area (Å²) in [5, 5.41) is 14.2. The molecular formula is C27H32ClFN6O5. The van der Waals surface area contributed by atoms with Crippen molar-refractivity contribution in [2.24, 2.45) is 5.92 Å². The normalized spacial score (nSPS) is 12.2. The van der Waals surface area contributed by atoms with Crippen LogP contribution in [0.2, 0.25) is 5.15 Å². The number of halogens is 2. The third-order valence-electron chi connectivity index (χ3n) is 6.00. The highest BCUT2D eigenvalue weighted by Crippen LogP contribution is 2.24. The summed E-state index contributed by atoms with van der Waals surface area (Å²) >= 11 is 6.30. The second-order valence-electron chi connectivity index (χ2n) is 9.90. The van der Waals surface area contributed by atoms with E-state index in [1.807, 2.05) is 13.8 Å². The predicted molar refractivity (Wildman–Crippen MR) is 150 cm³/mol. The van der Waals surface area contributed by atoms with E-state index in [9.17, 15) is 28.7 Å². The molecular weight excluding hydrogens is 543 g/mol. The van der Waals surface area contributed by atoms with Crippen LogP contribution in [0, 0.1) is 11.7 Å². The van der Waals surface area contributed by atoms with Gasteiger partial charge in [0.2, 0.25) is 11.8 Å². The molecule has 0 saturated heterocycles. The van der Waals surface area contributed by atoms with Gasteiger partial charge in [-0.05, 0) is 49.5 Å². The van der Waals surface area contributed by atoms with Gasteiger partial charge in [0.15, 0.2) is 5.82 Å². The maximum absolute atomic E-state index is 14.5. The summed E-state index contributed by atoms with van der Waals surface area (Å²) in [7, 11) is 3.18. The van der Waals surface area contributed by atoms with Crippen molar-refractivity contribution in [3.8, 4) is 0 Å². The van der Waals surface area contributed by atoms with Crippen LogP contribution in [0.3, 0.4) is 0 Å². The van der Waals surface area contributed by atoms with Crippen LogP contribution in [0.25, 0.3) is 10.9 Å². The predicted octanol–water partition coefficient (Wildman–Crippen LogP) is 3.76. The minimum atomic E-state index is -1.42. The van der Waals surface area contributed by atoms with Crippen LogP contribution in [0.15, 0.2) is 41.3 Å². The molecule has 0 unspecified atom stereocenters. The van der Waals surface area contributed by atoms with Gasteiger partial charge in [-0.15, -0.1) is 0 Å². The highest BCUT2D eigenvalue weighted by atomic mass is 35.5. The lowest BCUT2D eigenvalue weighted by Gasteiger charge is -2.17. The molecule has 3 aromatic rings. The van der Waals surface area contributed by atoms with Gasteiger partial charge in [-0.2, -0.15) is 0 Å². The van der Waals surface area contributed by atoms with Crippen molar-refractivity contribution < 1.29 is 23.9 Å². The van der Waals surface area contributed by atoms with Crippen LogP contribution in [0.4, 0.5) is 14.9 Å². The summed E-state index contributed by atoms with van der Waals surface area (Å²) in [4.78, 5) is 57.8. The van der Waals surface area contributed by atoms with Gasteiger partial charge in [-0.3, -0.25) is 23.9 Å². The smallest absolute Gasteiger partial charge is 0.405 e. The standard InChI is InChI=1S/C27H32ClFN6O5/c1-15(2)11-21-24-17(18(29)13-30-21)12-16(31-24)14-35-22(28)10-9-20(26(35)38)32-25(37)19(33-27(39)40)7-5-6-8-23(36)34(3)4/h6,8-10,12-13,15,19,31,33H,5,7,11,14H2,1-4H3,(H,32,37)(H,39,40)/b8-6+/t19-/m0/s1. The minimum absolute atomic E-state index is 0.0435. The molecule has 3 heterocycles. The Morgan fingerprint density at radius 3 is 2.65 bits per heavy atom. The number of nitrogens with zero attached hydrogens (tertiary/aromatic N) is 3. The lowest BCUT2D eigenvalue weighted by molar-refractivity contribution is -0.123. The zero-order valence-electron chi connectivity index (χ0n) is 22.6. The fraction of sp³-hybridized carbons (Fsp3) is 0.370. The van der Waals surface area contributed by atoms with Crippen molar-refractivity contribution in [2.45, 2.75) is 45.7 Å². The monoisotopic (exact) mass is 574 g/mol. The summed E-state index contributed by atoms with van der Waals surface area (Å²) in [6, 6.07) is 3.14. The molecule has 0 bridgehead atoms. The maximum Gasteiger partial charge on any atom is 0.405 e. The Morgan fingerprint density at radius 2 is 2.00 bits per heavy atom. The quantitative estimate of drug-likeness (QED) is 0.202. The molecule has 40 heavy (non-hydrogen) atoms. The van der Waals surface area contributed by atoms with E-state index in [2.05, 4.69) is 20.6 Å². The van der Waals surface area contributed by atoms with E-state index in [1.165, 1.54) is 39.9 Å². The molecule has 4 N–H and O–H groups in total.